The van der Waals surface area contributed by atoms with E-state index in [9.17, 15) is 13.2 Å². The molecule has 3 rings (SSSR count). The molecule has 1 heterocycles. The van der Waals surface area contributed by atoms with Crippen molar-refractivity contribution >= 4 is 43.8 Å². The normalized spacial score (nSPS) is 11.2. The lowest BCUT2D eigenvalue weighted by Crippen LogP contribution is -2.24. The zero-order chi connectivity index (χ0) is 22.6. The molecular weight excluding hydrogens is 432 g/mol. The number of hydrogen-bond acceptors (Lipinski definition) is 6. The van der Waals surface area contributed by atoms with Gasteiger partial charge in [0, 0.05) is 44.2 Å². The molecule has 0 aliphatic carbocycles. The van der Waals surface area contributed by atoms with Crippen molar-refractivity contribution in [3.63, 3.8) is 0 Å². The first kappa shape index (κ1) is 22.8. The molecule has 2 aromatic carbocycles. The first-order valence-electron chi connectivity index (χ1n) is 9.69. The number of carbonyl (C=O) groups excluding carboxylic acids is 1. The Balaban J connectivity index is 1.57. The van der Waals surface area contributed by atoms with Gasteiger partial charge in [0.25, 0.3) is 0 Å². The number of aromatic nitrogens is 1. The summed E-state index contributed by atoms with van der Waals surface area (Å²) in [6.07, 6.45) is 2.20. The van der Waals surface area contributed by atoms with E-state index in [0.29, 0.717) is 23.7 Å². The number of benzene rings is 2. The van der Waals surface area contributed by atoms with Crippen LogP contribution in [-0.2, 0) is 21.2 Å². The third-order valence-electron chi connectivity index (χ3n) is 4.87. The van der Waals surface area contributed by atoms with Crippen LogP contribution in [0.4, 0.5) is 16.5 Å². The molecule has 1 amide bonds. The molecule has 0 saturated heterocycles. The molecule has 0 aliphatic rings. The summed E-state index contributed by atoms with van der Waals surface area (Å²) in [5.41, 5.74) is 4.39. The number of aryl methyl sites for hydroxylation is 1. The standard InChI is InChI=1S/C22H26N4O3S2/c1-25(2)18-10-5-16(6-11-18)7-14-21(27)24-22-23-20(15-30-22)17-8-12-19(13-9-17)26(3)31(4,28)29/h5-6,8-13,15H,7,14H2,1-4H3,(H,23,24,27). The first-order valence-corrected chi connectivity index (χ1v) is 12.4. The largest absolute Gasteiger partial charge is 0.378 e. The van der Waals surface area contributed by atoms with E-state index in [1.165, 1.54) is 22.7 Å². The number of nitrogens with one attached hydrogen (secondary N) is 1. The van der Waals surface area contributed by atoms with E-state index in [1.807, 2.05) is 60.8 Å². The molecule has 0 bridgehead atoms. The molecule has 1 aromatic heterocycles. The van der Waals surface area contributed by atoms with Crippen molar-refractivity contribution in [2.45, 2.75) is 12.8 Å². The van der Waals surface area contributed by atoms with Crippen molar-refractivity contribution < 1.29 is 13.2 Å². The molecule has 164 valence electrons. The van der Waals surface area contributed by atoms with Crippen molar-refractivity contribution in [3.8, 4) is 11.3 Å². The number of nitrogens with zero attached hydrogens (tertiary/aromatic N) is 3. The molecule has 0 unspecified atom stereocenters. The molecule has 3 aromatic rings. The molecular formula is C22H26N4O3S2. The monoisotopic (exact) mass is 458 g/mol. The summed E-state index contributed by atoms with van der Waals surface area (Å²) in [6, 6.07) is 15.2. The van der Waals surface area contributed by atoms with E-state index < -0.39 is 10.0 Å². The second-order valence-corrected chi connectivity index (χ2v) is 10.3. The summed E-state index contributed by atoms with van der Waals surface area (Å²) in [5, 5.41) is 5.26. The quantitative estimate of drug-likeness (QED) is 0.555. The minimum Gasteiger partial charge on any atom is -0.378 e. The molecule has 0 aliphatic heterocycles. The van der Waals surface area contributed by atoms with Crippen LogP contribution in [-0.4, -0.2) is 46.7 Å². The lowest BCUT2D eigenvalue weighted by molar-refractivity contribution is -0.116. The van der Waals surface area contributed by atoms with Crippen molar-refractivity contribution in [1.29, 1.82) is 0 Å². The lowest BCUT2D eigenvalue weighted by Gasteiger charge is -2.16. The van der Waals surface area contributed by atoms with Gasteiger partial charge < -0.3 is 10.2 Å². The Labute approximate surface area is 187 Å². The number of anilines is 3. The number of sulfonamides is 1. The maximum absolute atomic E-state index is 12.3. The van der Waals surface area contributed by atoms with Crippen LogP contribution in [0.1, 0.15) is 12.0 Å². The van der Waals surface area contributed by atoms with Gasteiger partial charge in [0.05, 0.1) is 17.6 Å². The predicted molar refractivity (Wildman–Crippen MR) is 129 cm³/mol. The van der Waals surface area contributed by atoms with Gasteiger partial charge in [0.2, 0.25) is 15.9 Å². The maximum Gasteiger partial charge on any atom is 0.231 e. The molecule has 31 heavy (non-hydrogen) atoms. The van der Waals surface area contributed by atoms with Gasteiger partial charge in [-0.15, -0.1) is 11.3 Å². The van der Waals surface area contributed by atoms with Crippen LogP contribution in [0.3, 0.4) is 0 Å². The summed E-state index contributed by atoms with van der Waals surface area (Å²) in [4.78, 5) is 18.8. The topological polar surface area (TPSA) is 82.6 Å². The minimum atomic E-state index is -3.30. The molecule has 0 saturated carbocycles. The second-order valence-electron chi connectivity index (χ2n) is 7.42. The number of amides is 1. The SMILES string of the molecule is CN(C)c1ccc(CCC(=O)Nc2nc(-c3ccc(N(C)S(C)(=O)=O)cc3)cs2)cc1. The molecule has 0 spiro atoms. The Kier molecular flexibility index (Phi) is 6.97. The van der Waals surface area contributed by atoms with Crippen LogP contribution in [0.15, 0.2) is 53.9 Å². The Morgan fingerprint density at radius 2 is 1.61 bits per heavy atom. The second kappa shape index (κ2) is 9.49. The van der Waals surface area contributed by atoms with Crippen LogP contribution < -0.4 is 14.5 Å². The smallest absolute Gasteiger partial charge is 0.231 e. The highest BCUT2D eigenvalue weighted by atomic mass is 32.2. The Morgan fingerprint density at radius 3 is 2.19 bits per heavy atom. The summed E-state index contributed by atoms with van der Waals surface area (Å²) in [6.45, 7) is 0. The van der Waals surface area contributed by atoms with E-state index in [2.05, 4.69) is 10.3 Å². The van der Waals surface area contributed by atoms with Crippen LogP contribution in [0.25, 0.3) is 11.3 Å². The Bertz CT molecular complexity index is 1140. The highest BCUT2D eigenvalue weighted by molar-refractivity contribution is 7.92. The number of carbonyl (C=O) groups is 1. The number of rotatable bonds is 8. The van der Waals surface area contributed by atoms with Gasteiger partial charge in [-0.05, 0) is 36.2 Å². The molecule has 0 atom stereocenters. The van der Waals surface area contributed by atoms with Gasteiger partial charge in [-0.3, -0.25) is 9.10 Å². The highest BCUT2D eigenvalue weighted by Gasteiger charge is 2.13. The van der Waals surface area contributed by atoms with Gasteiger partial charge in [-0.2, -0.15) is 0 Å². The average molecular weight is 459 g/mol. The molecule has 0 radical (unpaired) electrons. The summed E-state index contributed by atoms with van der Waals surface area (Å²) in [5.74, 6) is -0.0808. The van der Waals surface area contributed by atoms with Crippen LogP contribution >= 0.6 is 11.3 Å². The fourth-order valence-electron chi connectivity index (χ4n) is 2.90. The van der Waals surface area contributed by atoms with Crippen LogP contribution in [0.2, 0.25) is 0 Å². The molecule has 1 N–H and O–H groups in total. The summed E-state index contributed by atoms with van der Waals surface area (Å²) < 4.78 is 24.5. The fourth-order valence-corrected chi connectivity index (χ4v) is 4.14. The fraction of sp³-hybridized carbons (Fsp3) is 0.273. The first-order chi connectivity index (χ1) is 14.6. The van der Waals surface area contributed by atoms with Crippen molar-refractivity contribution in [2.24, 2.45) is 0 Å². The molecule has 9 heteroatoms. The average Bonchev–Trinajstić information content (AvgIpc) is 3.20. The van der Waals surface area contributed by atoms with Crippen molar-refractivity contribution in [3.05, 3.63) is 59.5 Å². The summed E-state index contributed by atoms with van der Waals surface area (Å²) >= 11 is 1.36. The third kappa shape index (κ3) is 6.05. The number of thiazole rings is 1. The van der Waals surface area contributed by atoms with Crippen molar-refractivity contribution in [2.75, 3.05) is 41.9 Å². The van der Waals surface area contributed by atoms with E-state index in [1.54, 1.807) is 12.1 Å². The van der Waals surface area contributed by atoms with Crippen LogP contribution in [0, 0.1) is 0 Å². The predicted octanol–water partition coefficient (Wildman–Crippen LogP) is 3.84. The van der Waals surface area contributed by atoms with E-state index in [0.717, 1.165) is 28.8 Å². The minimum absolute atomic E-state index is 0.0808. The van der Waals surface area contributed by atoms with E-state index >= 15 is 0 Å². The van der Waals surface area contributed by atoms with Crippen molar-refractivity contribution in [1.82, 2.24) is 4.98 Å². The van der Waals surface area contributed by atoms with Gasteiger partial charge in [0.15, 0.2) is 5.13 Å². The number of hydrogen-bond donors (Lipinski definition) is 1. The highest BCUT2D eigenvalue weighted by Crippen LogP contribution is 2.27. The van der Waals surface area contributed by atoms with Gasteiger partial charge in [-0.1, -0.05) is 24.3 Å². The van der Waals surface area contributed by atoms with Gasteiger partial charge in [0.1, 0.15) is 0 Å². The Morgan fingerprint density at radius 1 is 1.00 bits per heavy atom. The third-order valence-corrected chi connectivity index (χ3v) is 6.83. The van der Waals surface area contributed by atoms with E-state index in [-0.39, 0.29) is 5.91 Å². The maximum atomic E-state index is 12.3. The van der Waals surface area contributed by atoms with E-state index in [4.69, 9.17) is 0 Å². The van der Waals surface area contributed by atoms with Gasteiger partial charge in [-0.25, -0.2) is 13.4 Å². The van der Waals surface area contributed by atoms with Gasteiger partial charge >= 0.3 is 0 Å². The zero-order valence-electron chi connectivity index (χ0n) is 18.0. The molecule has 0 fully saturated rings. The summed E-state index contributed by atoms with van der Waals surface area (Å²) in [7, 11) is 2.19. The zero-order valence-corrected chi connectivity index (χ0v) is 19.6. The molecule has 7 nitrogen and oxygen atoms in total. The Hall–Kier alpha value is -2.91. The lowest BCUT2D eigenvalue weighted by atomic mass is 10.1. The van der Waals surface area contributed by atoms with Crippen LogP contribution in [0.5, 0.6) is 0 Å².